The molecule has 1 atom stereocenters. The Morgan fingerprint density at radius 3 is 2.44 bits per heavy atom. The number of rotatable bonds is 4. The molecule has 2 aromatic rings. The lowest BCUT2D eigenvalue weighted by molar-refractivity contribution is -0.140. The zero-order valence-corrected chi connectivity index (χ0v) is 10.1. The zero-order chi connectivity index (χ0) is 13.1. The third-order valence-corrected chi connectivity index (χ3v) is 2.99. The molecule has 2 aromatic carbocycles. The van der Waals surface area contributed by atoms with Crippen LogP contribution >= 0.6 is 0 Å². The number of benzene rings is 2. The highest BCUT2D eigenvalue weighted by atomic mass is 16.4. The molecule has 0 spiro atoms. The smallest absolute Gasteiger partial charge is 0.311 e. The lowest BCUT2D eigenvalue weighted by Crippen LogP contribution is -2.15. The van der Waals surface area contributed by atoms with Crippen LogP contribution in [0.15, 0.2) is 42.5 Å². The summed E-state index contributed by atoms with van der Waals surface area (Å²) in [6, 6.07) is 13.2. The highest BCUT2D eigenvalue weighted by Crippen LogP contribution is 2.28. The van der Waals surface area contributed by atoms with Crippen molar-refractivity contribution in [3.63, 3.8) is 0 Å². The van der Waals surface area contributed by atoms with E-state index in [4.69, 9.17) is 0 Å². The third-order valence-electron chi connectivity index (χ3n) is 2.99. The van der Waals surface area contributed by atoms with Crippen LogP contribution in [0.25, 0.3) is 10.8 Å². The molecule has 2 rings (SSSR count). The summed E-state index contributed by atoms with van der Waals surface area (Å²) in [5.41, 5.74) is 0.704. The van der Waals surface area contributed by atoms with E-state index in [2.05, 4.69) is 0 Å². The van der Waals surface area contributed by atoms with Gasteiger partial charge in [0.25, 0.3) is 0 Å². The third kappa shape index (κ3) is 2.40. The van der Waals surface area contributed by atoms with Gasteiger partial charge in [0, 0.05) is 6.42 Å². The summed E-state index contributed by atoms with van der Waals surface area (Å²) in [6.07, 6.45) is 0.0311. The Bertz CT molecular complexity index is 596. The zero-order valence-electron chi connectivity index (χ0n) is 10.1. The Morgan fingerprint density at radius 2 is 1.78 bits per heavy atom. The van der Waals surface area contributed by atoms with E-state index >= 15 is 0 Å². The van der Waals surface area contributed by atoms with Crippen molar-refractivity contribution in [1.29, 1.82) is 0 Å². The van der Waals surface area contributed by atoms with Crippen molar-refractivity contribution in [3.05, 3.63) is 48.0 Å². The summed E-state index contributed by atoms with van der Waals surface area (Å²) < 4.78 is 0. The van der Waals surface area contributed by atoms with E-state index in [1.165, 1.54) is 6.92 Å². The Labute approximate surface area is 105 Å². The first-order valence-corrected chi connectivity index (χ1v) is 5.79. The molecule has 0 aromatic heterocycles. The van der Waals surface area contributed by atoms with Gasteiger partial charge < -0.3 is 5.11 Å². The minimum atomic E-state index is -0.957. The van der Waals surface area contributed by atoms with Gasteiger partial charge in [0.15, 0.2) is 0 Å². The molecule has 0 aliphatic carbocycles. The highest BCUT2D eigenvalue weighted by Gasteiger charge is 2.23. The van der Waals surface area contributed by atoms with Gasteiger partial charge in [-0.3, -0.25) is 9.59 Å². The number of hydrogen-bond acceptors (Lipinski definition) is 2. The first kappa shape index (κ1) is 12.3. The molecule has 92 valence electrons. The van der Waals surface area contributed by atoms with Crippen molar-refractivity contribution in [1.82, 2.24) is 0 Å². The molecule has 1 unspecified atom stereocenters. The number of carboxylic acids is 1. The summed E-state index contributed by atoms with van der Waals surface area (Å²) in [5, 5.41) is 11.2. The number of Topliss-reactive ketones (excluding diaryl/α,β-unsaturated/α-hetero) is 1. The molecule has 0 saturated heterocycles. The molecule has 3 nitrogen and oxygen atoms in total. The van der Waals surface area contributed by atoms with E-state index in [1.807, 2.05) is 36.4 Å². The lowest BCUT2D eigenvalue weighted by Gasteiger charge is -2.13. The maximum Gasteiger partial charge on any atom is 0.311 e. The second-order valence-electron chi connectivity index (χ2n) is 4.37. The molecule has 18 heavy (non-hydrogen) atoms. The van der Waals surface area contributed by atoms with Gasteiger partial charge in [-0.25, -0.2) is 0 Å². The molecule has 0 heterocycles. The van der Waals surface area contributed by atoms with Crippen LogP contribution in [-0.2, 0) is 9.59 Å². The number of ketones is 1. The molecular formula is C15H14O3. The second-order valence-corrected chi connectivity index (χ2v) is 4.37. The first-order chi connectivity index (χ1) is 8.59. The first-order valence-electron chi connectivity index (χ1n) is 5.79. The fraction of sp³-hybridized carbons (Fsp3) is 0.200. The second kappa shape index (κ2) is 5.00. The Kier molecular flexibility index (Phi) is 3.42. The average molecular weight is 242 g/mol. The van der Waals surface area contributed by atoms with Gasteiger partial charge in [0.2, 0.25) is 0 Å². The molecule has 0 aliphatic heterocycles. The summed E-state index contributed by atoms with van der Waals surface area (Å²) in [4.78, 5) is 22.5. The SMILES string of the molecule is CC(=O)CC(C(=O)O)c1cccc2ccccc12. The molecule has 3 heteroatoms. The monoisotopic (exact) mass is 242 g/mol. The van der Waals surface area contributed by atoms with Crippen molar-refractivity contribution in [2.45, 2.75) is 19.3 Å². The number of fused-ring (bicyclic) bond motifs is 1. The summed E-state index contributed by atoms with van der Waals surface area (Å²) >= 11 is 0. The van der Waals surface area contributed by atoms with Gasteiger partial charge in [0.1, 0.15) is 5.78 Å². The van der Waals surface area contributed by atoms with Crippen molar-refractivity contribution >= 4 is 22.5 Å². The van der Waals surface area contributed by atoms with E-state index in [0.717, 1.165) is 10.8 Å². The number of carboxylic acid groups (broad SMARTS) is 1. The Morgan fingerprint density at radius 1 is 1.11 bits per heavy atom. The normalized spacial score (nSPS) is 12.3. The quantitative estimate of drug-likeness (QED) is 0.896. The topological polar surface area (TPSA) is 54.4 Å². The van der Waals surface area contributed by atoms with Gasteiger partial charge in [-0.05, 0) is 23.3 Å². The van der Waals surface area contributed by atoms with E-state index in [9.17, 15) is 14.7 Å². The standard InChI is InChI=1S/C15H14O3/c1-10(16)9-14(15(17)18)13-8-4-6-11-5-2-3-7-12(11)13/h2-8,14H,9H2,1H3,(H,17,18). The maximum absolute atomic E-state index is 11.3. The van der Waals surface area contributed by atoms with Gasteiger partial charge in [-0.15, -0.1) is 0 Å². The predicted octanol–water partition coefficient (Wildman–Crippen LogP) is 2.99. The molecule has 0 aliphatic rings. The Hall–Kier alpha value is -2.16. The van der Waals surface area contributed by atoms with E-state index in [-0.39, 0.29) is 12.2 Å². The average Bonchev–Trinajstić information content (AvgIpc) is 2.35. The van der Waals surface area contributed by atoms with Gasteiger partial charge in [-0.2, -0.15) is 0 Å². The van der Waals surface area contributed by atoms with Gasteiger partial charge in [-0.1, -0.05) is 42.5 Å². The highest BCUT2D eigenvalue weighted by molar-refractivity contribution is 5.93. The summed E-state index contributed by atoms with van der Waals surface area (Å²) in [5.74, 6) is -1.84. The molecule has 0 bridgehead atoms. The molecule has 0 amide bonds. The number of carbonyl (C=O) groups is 2. The van der Waals surface area contributed by atoms with Crippen LogP contribution in [-0.4, -0.2) is 16.9 Å². The minimum Gasteiger partial charge on any atom is -0.481 e. The van der Waals surface area contributed by atoms with Crippen LogP contribution in [0.4, 0.5) is 0 Å². The molecule has 0 fully saturated rings. The number of aliphatic carboxylic acids is 1. The van der Waals surface area contributed by atoms with Crippen LogP contribution in [0.1, 0.15) is 24.8 Å². The van der Waals surface area contributed by atoms with Gasteiger partial charge >= 0.3 is 5.97 Å². The van der Waals surface area contributed by atoms with E-state index < -0.39 is 11.9 Å². The largest absolute Gasteiger partial charge is 0.481 e. The molecule has 1 N–H and O–H groups in total. The minimum absolute atomic E-state index is 0.0311. The Balaban J connectivity index is 2.57. The lowest BCUT2D eigenvalue weighted by atomic mass is 9.90. The van der Waals surface area contributed by atoms with Crippen LogP contribution in [0.2, 0.25) is 0 Å². The number of hydrogen-bond donors (Lipinski definition) is 1. The molecular weight excluding hydrogens is 228 g/mol. The van der Waals surface area contributed by atoms with Crippen molar-refractivity contribution < 1.29 is 14.7 Å². The summed E-state index contributed by atoms with van der Waals surface area (Å²) in [6.45, 7) is 1.42. The van der Waals surface area contributed by atoms with Crippen LogP contribution in [0.5, 0.6) is 0 Å². The van der Waals surface area contributed by atoms with Crippen molar-refractivity contribution in [3.8, 4) is 0 Å². The van der Waals surface area contributed by atoms with E-state index in [1.54, 1.807) is 6.07 Å². The van der Waals surface area contributed by atoms with Crippen molar-refractivity contribution in [2.75, 3.05) is 0 Å². The van der Waals surface area contributed by atoms with Crippen LogP contribution in [0, 0.1) is 0 Å². The fourth-order valence-electron chi connectivity index (χ4n) is 2.17. The maximum atomic E-state index is 11.3. The molecule has 0 saturated carbocycles. The summed E-state index contributed by atoms with van der Waals surface area (Å²) in [7, 11) is 0. The predicted molar refractivity (Wildman–Crippen MR) is 69.6 cm³/mol. The van der Waals surface area contributed by atoms with Crippen LogP contribution < -0.4 is 0 Å². The van der Waals surface area contributed by atoms with Crippen molar-refractivity contribution in [2.24, 2.45) is 0 Å². The van der Waals surface area contributed by atoms with Gasteiger partial charge in [0.05, 0.1) is 5.92 Å². The molecule has 0 radical (unpaired) electrons. The fourth-order valence-corrected chi connectivity index (χ4v) is 2.17. The van der Waals surface area contributed by atoms with Crippen LogP contribution in [0.3, 0.4) is 0 Å². The number of carbonyl (C=O) groups excluding carboxylic acids is 1. The van der Waals surface area contributed by atoms with E-state index in [0.29, 0.717) is 5.56 Å².